The molecule has 8 heteroatoms. The van der Waals surface area contributed by atoms with Crippen molar-refractivity contribution in [2.45, 2.75) is 56.9 Å². The summed E-state index contributed by atoms with van der Waals surface area (Å²) in [5.74, 6) is -2.61. The average molecular weight is 442 g/mol. The lowest BCUT2D eigenvalue weighted by Gasteiger charge is -2.20. The SMILES string of the molecule is O=C(O)CCC[C@H]1CC[C@H]2[C@H](CC(F)[C@@H]2/C=C/[C@@H](O)COc2cc(F)ccc2F)OC1. The number of hydrogen-bond acceptors (Lipinski definition) is 4. The second-order valence-corrected chi connectivity index (χ2v) is 8.43. The highest BCUT2D eigenvalue weighted by Crippen LogP contribution is 2.43. The van der Waals surface area contributed by atoms with Gasteiger partial charge in [-0.3, -0.25) is 4.79 Å². The maximum atomic E-state index is 14.6. The van der Waals surface area contributed by atoms with Crippen LogP contribution in [0.2, 0.25) is 0 Å². The molecule has 3 rings (SSSR count). The molecule has 1 aromatic carbocycles. The van der Waals surface area contributed by atoms with Crippen LogP contribution in [-0.4, -0.2) is 47.8 Å². The highest BCUT2D eigenvalue weighted by molar-refractivity contribution is 5.66. The molecule has 1 aliphatic heterocycles. The molecule has 172 valence electrons. The van der Waals surface area contributed by atoms with E-state index < -0.39 is 35.8 Å². The summed E-state index contributed by atoms with van der Waals surface area (Å²) in [6, 6.07) is 2.82. The van der Waals surface area contributed by atoms with Crippen LogP contribution in [0, 0.1) is 29.4 Å². The van der Waals surface area contributed by atoms with E-state index in [0.717, 1.165) is 37.5 Å². The molecule has 0 bridgehead atoms. The summed E-state index contributed by atoms with van der Waals surface area (Å²) >= 11 is 0. The number of aliphatic hydroxyl groups excluding tert-OH is 1. The quantitative estimate of drug-likeness (QED) is 0.558. The summed E-state index contributed by atoms with van der Waals surface area (Å²) in [7, 11) is 0. The molecule has 1 saturated heterocycles. The van der Waals surface area contributed by atoms with Crippen molar-refractivity contribution in [3.05, 3.63) is 42.0 Å². The molecule has 0 amide bonds. The summed E-state index contributed by atoms with van der Waals surface area (Å²) in [5.41, 5.74) is 0. The van der Waals surface area contributed by atoms with Gasteiger partial charge in [-0.05, 0) is 49.7 Å². The number of allylic oxidation sites excluding steroid dienone is 1. The van der Waals surface area contributed by atoms with E-state index in [2.05, 4.69) is 0 Å². The molecular formula is C23H29F3O5. The summed E-state index contributed by atoms with van der Waals surface area (Å²) < 4.78 is 52.5. The first-order valence-corrected chi connectivity index (χ1v) is 10.7. The Morgan fingerprint density at radius 3 is 2.90 bits per heavy atom. The summed E-state index contributed by atoms with van der Waals surface area (Å²) in [6.07, 6.45) is 4.15. The summed E-state index contributed by atoms with van der Waals surface area (Å²) in [6.45, 7) is 0.233. The number of carbonyl (C=O) groups is 1. The van der Waals surface area contributed by atoms with Crippen molar-refractivity contribution in [2.75, 3.05) is 13.2 Å². The Kier molecular flexibility index (Phi) is 8.37. The number of ether oxygens (including phenoxy) is 2. The van der Waals surface area contributed by atoms with Crippen LogP contribution in [0.15, 0.2) is 30.4 Å². The average Bonchev–Trinajstić information content (AvgIpc) is 2.88. The van der Waals surface area contributed by atoms with Crippen molar-refractivity contribution in [1.82, 2.24) is 0 Å². The summed E-state index contributed by atoms with van der Waals surface area (Å²) in [4.78, 5) is 10.7. The molecule has 2 N–H and O–H groups in total. The molecule has 0 radical (unpaired) electrons. The van der Waals surface area contributed by atoms with Crippen LogP contribution < -0.4 is 4.74 Å². The molecule has 0 aromatic heterocycles. The second-order valence-electron chi connectivity index (χ2n) is 8.43. The number of benzene rings is 1. The fourth-order valence-corrected chi connectivity index (χ4v) is 4.52. The van der Waals surface area contributed by atoms with Crippen LogP contribution in [-0.2, 0) is 9.53 Å². The molecular weight excluding hydrogens is 413 g/mol. The molecule has 0 spiro atoms. The Labute approximate surface area is 179 Å². The molecule has 1 aromatic rings. The third-order valence-electron chi connectivity index (χ3n) is 6.16. The Morgan fingerprint density at radius 1 is 1.32 bits per heavy atom. The Balaban J connectivity index is 1.51. The lowest BCUT2D eigenvalue weighted by molar-refractivity contribution is -0.137. The van der Waals surface area contributed by atoms with Gasteiger partial charge in [0.1, 0.15) is 24.7 Å². The van der Waals surface area contributed by atoms with Crippen LogP contribution in [0.3, 0.4) is 0 Å². The number of aliphatic hydroxyl groups is 1. The van der Waals surface area contributed by atoms with Gasteiger partial charge >= 0.3 is 5.97 Å². The lowest BCUT2D eigenvalue weighted by atomic mass is 9.86. The van der Waals surface area contributed by atoms with Crippen LogP contribution in [0.4, 0.5) is 13.2 Å². The Morgan fingerprint density at radius 2 is 2.13 bits per heavy atom. The van der Waals surface area contributed by atoms with E-state index in [4.69, 9.17) is 14.6 Å². The van der Waals surface area contributed by atoms with E-state index >= 15 is 0 Å². The number of aliphatic carboxylic acids is 1. The van der Waals surface area contributed by atoms with Gasteiger partial charge in [0.05, 0.1) is 6.10 Å². The zero-order valence-corrected chi connectivity index (χ0v) is 17.3. The largest absolute Gasteiger partial charge is 0.487 e. The van der Waals surface area contributed by atoms with E-state index in [1.54, 1.807) is 6.08 Å². The lowest BCUT2D eigenvalue weighted by Crippen LogP contribution is -2.21. The molecule has 1 unspecified atom stereocenters. The van der Waals surface area contributed by atoms with Crippen LogP contribution in [0.5, 0.6) is 5.75 Å². The third kappa shape index (κ3) is 6.71. The maximum Gasteiger partial charge on any atom is 0.303 e. The van der Waals surface area contributed by atoms with Crippen molar-refractivity contribution in [3.63, 3.8) is 0 Å². The molecule has 31 heavy (non-hydrogen) atoms. The number of fused-ring (bicyclic) bond motifs is 1. The molecule has 6 atom stereocenters. The number of halogens is 3. The molecule has 2 fully saturated rings. The number of alkyl halides is 1. The molecule has 5 nitrogen and oxygen atoms in total. The second kappa shape index (κ2) is 11.0. The van der Waals surface area contributed by atoms with Gasteiger partial charge in [0.25, 0.3) is 0 Å². The summed E-state index contributed by atoms with van der Waals surface area (Å²) in [5, 5.41) is 18.9. The fourth-order valence-electron chi connectivity index (χ4n) is 4.52. The van der Waals surface area contributed by atoms with Gasteiger partial charge in [0.15, 0.2) is 11.6 Å². The minimum Gasteiger partial charge on any atom is -0.487 e. The smallest absolute Gasteiger partial charge is 0.303 e. The molecule has 1 aliphatic carbocycles. The Bertz CT molecular complexity index is 772. The van der Waals surface area contributed by atoms with Gasteiger partial charge in [-0.15, -0.1) is 0 Å². The van der Waals surface area contributed by atoms with Gasteiger partial charge < -0.3 is 19.7 Å². The highest BCUT2D eigenvalue weighted by Gasteiger charge is 2.44. The van der Waals surface area contributed by atoms with E-state index in [1.165, 1.54) is 6.08 Å². The highest BCUT2D eigenvalue weighted by atomic mass is 19.1. The van der Waals surface area contributed by atoms with E-state index in [1.807, 2.05) is 0 Å². The number of rotatable bonds is 9. The van der Waals surface area contributed by atoms with Crippen LogP contribution >= 0.6 is 0 Å². The number of carboxylic acids is 1. The first-order chi connectivity index (χ1) is 14.8. The number of hydrogen-bond donors (Lipinski definition) is 2. The zero-order chi connectivity index (χ0) is 22.4. The standard InChI is InChI=1S/C23H29F3O5/c24-15-5-9-19(25)22(10-15)31-13-16(27)6-8-17-18-7-4-14(2-1-3-23(28)29)12-30-21(18)11-20(17)26/h5-6,8-10,14,16-18,20-21,27H,1-4,7,11-13H2,(H,28,29)/b8-6+/t14-,16+,17+,18+,20?,21-/m0/s1. The maximum absolute atomic E-state index is 14.6. The van der Waals surface area contributed by atoms with Gasteiger partial charge in [-0.1, -0.05) is 12.2 Å². The molecule has 2 aliphatic rings. The first kappa shape index (κ1) is 23.6. The predicted octanol–water partition coefficient (Wildman–Crippen LogP) is 4.29. The van der Waals surface area contributed by atoms with Crippen molar-refractivity contribution < 1.29 is 37.7 Å². The predicted molar refractivity (Wildman–Crippen MR) is 107 cm³/mol. The third-order valence-corrected chi connectivity index (χ3v) is 6.16. The first-order valence-electron chi connectivity index (χ1n) is 10.7. The van der Waals surface area contributed by atoms with E-state index in [-0.39, 0.29) is 36.7 Å². The van der Waals surface area contributed by atoms with Crippen molar-refractivity contribution >= 4 is 5.97 Å². The fraction of sp³-hybridized carbons (Fsp3) is 0.609. The van der Waals surface area contributed by atoms with Crippen molar-refractivity contribution in [1.29, 1.82) is 0 Å². The Hall–Kier alpha value is -2.06. The van der Waals surface area contributed by atoms with E-state index in [0.29, 0.717) is 19.4 Å². The molecule has 1 saturated carbocycles. The normalized spacial score (nSPS) is 29.5. The molecule has 1 heterocycles. The number of carboxylic acid groups (broad SMARTS) is 1. The minimum atomic E-state index is -1.09. The van der Waals surface area contributed by atoms with Crippen LogP contribution in [0.1, 0.15) is 38.5 Å². The van der Waals surface area contributed by atoms with Crippen molar-refractivity contribution in [3.8, 4) is 5.75 Å². The van der Waals surface area contributed by atoms with Crippen molar-refractivity contribution in [2.24, 2.45) is 17.8 Å². The monoisotopic (exact) mass is 442 g/mol. The van der Waals surface area contributed by atoms with Gasteiger partial charge in [0, 0.05) is 31.4 Å². The van der Waals surface area contributed by atoms with E-state index in [9.17, 15) is 23.1 Å². The van der Waals surface area contributed by atoms with Gasteiger partial charge in [0.2, 0.25) is 0 Å². The minimum absolute atomic E-state index is 0.00972. The zero-order valence-electron chi connectivity index (χ0n) is 17.3. The van der Waals surface area contributed by atoms with Crippen LogP contribution in [0.25, 0.3) is 0 Å². The van der Waals surface area contributed by atoms with Gasteiger partial charge in [-0.25, -0.2) is 13.2 Å². The topological polar surface area (TPSA) is 76.0 Å². The van der Waals surface area contributed by atoms with Gasteiger partial charge in [-0.2, -0.15) is 0 Å².